The Labute approximate surface area is 111 Å². The highest BCUT2D eigenvalue weighted by molar-refractivity contribution is 5.81. The van der Waals surface area contributed by atoms with Crippen LogP contribution in [-0.2, 0) is 9.53 Å². The molecular formula is C14H28N2O2. The molecule has 0 aromatic rings. The lowest BCUT2D eigenvalue weighted by atomic mass is 9.83. The van der Waals surface area contributed by atoms with Gasteiger partial charge in [0.1, 0.15) is 0 Å². The lowest BCUT2D eigenvalue weighted by Crippen LogP contribution is -2.42. The van der Waals surface area contributed by atoms with Crippen molar-refractivity contribution in [1.82, 2.24) is 5.32 Å². The van der Waals surface area contributed by atoms with E-state index < -0.39 is 0 Å². The van der Waals surface area contributed by atoms with Crippen LogP contribution in [0.5, 0.6) is 0 Å². The number of nitrogens with two attached hydrogens (primary N) is 1. The van der Waals surface area contributed by atoms with E-state index in [2.05, 4.69) is 12.2 Å². The molecule has 1 unspecified atom stereocenters. The van der Waals surface area contributed by atoms with Gasteiger partial charge in [-0.3, -0.25) is 4.79 Å². The van der Waals surface area contributed by atoms with Gasteiger partial charge in [0.25, 0.3) is 0 Å². The molecule has 1 amide bonds. The van der Waals surface area contributed by atoms with Crippen molar-refractivity contribution in [1.29, 1.82) is 0 Å². The molecule has 0 aromatic heterocycles. The molecule has 4 heteroatoms. The van der Waals surface area contributed by atoms with Crippen LogP contribution >= 0.6 is 0 Å². The SMILES string of the molecule is COCCCC(N)C(=O)NCC1CCC(C)CC1. The second kappa shape index (κ2) is 8.48. The molecule has 18 heavy (non-hydrogen) atoms. The minimum absolute atomic E-state index is 0.00951. The predicted molar refractivity (Wildman–Crippen MR) is 73.2 cm³/mol. The molecule has 0 saturated heterocycles. The van der Waals surface area contributed by atoms with Gasteiger partial charge in [0, 0.05) is 20.3 Å². The van der Waals surface area contributed by atoms with E-state index in [1.165, 1.54) is 25.7 Å². The molecule has 1 aliphatic carbocycles. The summed E-state index contributed by atoms with van der Waals surface area (Å²) >= 11 is 0. The van der Waals surface area contributed by atoms with Crippen molar-refractivity contribution < 1.29 is 9.53 Å². The molecule has 0 bridgehead atoms. The van der Waals surface area contributed by atoms with Gasteiger partial charge in [-0.2, -0.15) is 0 Å². The Morgan fingerprint density at radius 3 is 2.67 bits per heavy atom. The monoisotopic (exact) mass is 256 g/mol. The summed E-state index contributed by atoms with van der Waals surface area (Å²) in [4.78, 5) is 11.8. The largest absolute Gasteiger partial charge is 0.385 e. The molecule has 0 heterocycles. The highest BCUT2D eigenvalue weighted by Gasteiger charge is 2.20. The van der Waals surface area contributed by atoms with Gasteiger partial charge in [-0.25, -0.2) is 0 Å². The molecule has 4 nitrogen and oxygen atoms in total. The lowest BCUT2D eigenvalue weighted by molar-refractivity contribution is -0.122. The zero-order chi connectivity index (χ0) is 13.4. The van der Waals surface area contributed by atoms with E-state index in [1.54, 1.807) is 7.11 Å². The van der Waals surface area contributed by atoms with Crippen LogP contribution in [0.3, 0.4) is 0 Å². The molecule has 0 aromatic carbocycles. The van der Waals surface area contributed by atoms with Crippen molar-refractivity contribution in [2.24, 2.45) is 17.6 Å². The Morgan fingerprint density at radius 1 is 1.39 bits per heavy atom. The van der Waals surface area contributed by atoms with E-state index in [-0.39, 0.29) is 11.9 Å². The van der Waals surface area contributed by atoms with Gasteiger partial charge in [0.15, 0.2) is 0 Å². The number of amides is 1. The summed E-state index contributed by atoms with van der Waals surface area (Å²) < 4.78 is 4.95. The Hall–Kier alpha value is -0.610. The highest BCUT2D eigenvalue weighted by atomic mass is 16.5. The van der Waals surface area contributed by atoms with Crippen molar-refractivity contribution in [2.75, 3.05) is 20.3 Å². The topological polar surface area (TPSA) is 64.3 Å². The third kappa shape index (κ3) is 5.83. The van der Waals surface area contributed by atoms with Crippen LogP contribution in [-0.4, -0.2) is 32.2 Å². The number of hydrogen-bond acceptors (Lipinski definition) is 3. The highest BCUT2D eigenvalue weighted by Crippen LogP contribution is 2.27. The van der Waals surface area contributed by atoms with Crippen LogP contribution in [0.1, 0.15) is 45.4 Å². The van der Waals surface area contributed by atoms with E-state index in [0.717, 1.165) is 18.9 Å². The molecular weight excluding hydrogens is 228 g/mol. The molecule has 3 N–H and O–H groups in total. The molecule has 1 fully saturated rings. The minimum atomic E-state index is -0.386. The fourth-order valence-electron chi connectivity index (χ4n) is 2.49. The van der Waals surface area contributed by atoms with Gasteiger partial charge in [0.2, 0.25) is 5.91 Å². The van der Waals surface area contributed by atoms with Crippen molar-refractivity contribution in [3.63, 3.8) is 0 Å². The van der Waals surface area contributed by atoms with Crippen molar-refractivity contribution in [3.8, 4) is 0 Å². The summed E-state index contributed by atoms with van der Waals surface area (Å²) in [5.41, 5.74) is 5.83. The van der Waals surface area contributed by atoms with Gasteiger partial charge in [-0.15, -0.1) is 0 Å². The van der Waals surface area contributed by atoms with Gasteiger partial charge in [0.05, 0.1) is 6.04 Å². The predicted octanol–water partition coefficient (Wildman–Crippen LogP) is 1.68. The number of carbonyl (C=O) groups is 1. The smallest absolute Gasteiger partial charge is 0.236 e. The zero-order valence-corrected chi connectivity index (χ0v) is 11.8. The van der Waals surface area contributed by atoms with E-state index in [9.17, 15) is 4.79 Å². The summed E-state index contributed by atoms with van der Waals surface area (Å²) in [7, 11) is 1.66. The summed E-state index contributed by atoms with van der Waals surface area (Å²) in [5, 5.41) is 2.99. The first kappa shape index (κ1) is 15.4. The molecule has 1 aliphatic rings. The van der Waals surface area contributed by atoms with Crippen LogP contribution in [0, 0.1) is 11.8 Å². The Morgan fingerprint density at radius 2 is 2.06 bits per heavy atom. The number of carbonyl (C=O) groups excluding carboxylic acids is 1. The average Bonchev–Trinajstić information content (AvgIpc) is 2.38. The summed E-state index contributed by atoms with van der Waals surface area (Å²) in [6.07, 6.45) is 6.59. The Balaban J connectivity index is 2.12. The first-order valence-corrected chi connectivity index (χ1v) is 7.15. The lowest BCUT2D eigenvalue weighted by Gasteiger charge is -2.26. The van der Waals surface area contributed by atoms with E-state index >= 15 is 0 Å². The fourth-order valence-corrected chi connectivity index (χ4v) is 2.49. The maximum Gasteiger partial charge on any atom is 0.236 e. The summed E-state index contributed by atoms with van der Waals surface area (Å²) in [5.74, 6) is 1.49. The van der Waals surface area contributed by atoms with Crippen LogP contribution in [0.2, 0.25) is 0 Å². The van der Waals surface area contributed by atoms with Gasteiger partial charge >= 0.3 is 0 Å². The maximum atomic E-state index is 11.8. The minimum Gasteiger partial charge on any atom is -0.385 e. The second-order valence-corrected chi connectivity index (χ2v) is 5.61. The molecule has 1 atom stereocenters. The Bertz CT molecular complexity index is 238. The number of rotatable bonds is 7. The summed E-state index contributed by atoms with van der Waals surface area (Å²) in [6.45, 7) is 3.77. The fraction of sp³-hybridized carbons (Fsp3) is 0.929. The van der Waals surface area contributed by atoms with Crippen LogP contribution in [0.25, 0.3) is 0 Å². The maximum absolute atomic E-state index is 11.8. The third-order valence-corrected chi connectivity index (χ3v) is 3.90. The quantitative estimate of drug-likeness (QED) is 0.681. The van der Waals surface area contributed by atoms with Crippen LogP contribution < -0.4 is 11.1 Å². The van der Waals surface area contributed by atoms with Gasteiger partial charge in [-0.05, 0) is 37.5 Å². The standard InChI is InChI=1S/C14H28N2O2/c1-11-5-7-12(8-6-11)10-16-14(17)13(15)4-3-9-18-2/h11-13H,3-10,15H2,1-2H3,(H,16,17). The molecule has 0 radical (unpaired) electrons. The van der Waals surface area contributed by atoms with E-state index in [4.69, 9.17) is 10.5 Å². The average molecular weight is 256 g/mol. The number of methoxy groups -OCH3 is 1. The van der Waals surface area contributed by atoms with Crippen molar-refractivity contribution in [3.05, 3.63) is 0 Å². The third-order valence-electron chi connectivity index (χ3n) is 3.90. The van der Waals surface area contributed by atoms with Gasteiger partial charge in [-0.1, -0.05) is 19.8 Å². The van der Waals surface area contributed by atoms with E-state index in [0.29, 0.717) is 18.9 Å². The van der Waals surface area contributed by atoms with Gasteiger partial charge < -0.3 is 15.8 Å². The summed E-state index contributed by atoms with van der Waals surface area (Å²) in [6, 6.07) is -0.386. The zero-order valence-electron chi connectivity index (χ0n) is 11.8. The normalized spacial score (nSPS) is 25.7. The van der Waals surface area contributed by atoms with Crippen molar-refractivity contribution >= 4 is 5.91 Å². The van der Waals surface area contributed by atoms with Crippen LogP contribution in [0.15, 0.2) is 0 Å². The molecule has 0 spiro atoms. The van der Waals surface area contributed by atoms with Crippen LogP contribution in [0.4, 0.5) is 0 Å². The first-order valence-electron chi connectivity index (χ1n) is 7.15. The molecule has 1 saturated carbocycles. The molecule has 106 valence electrons. The molecule has 0 aliphatic heterocycles. The first-order chi connectivity index (χ1) is 8.63. The number of nitrogens with one attached hydrogen (secondary N) is 1. The second-order valence-electron chi connectivity index (χ2n) is 5.61. The number of ether oxygens (including phenoxy) is 1. The van der Waals surface area contributed by atoms with E-state index in [1.807, 2.05) is 0 Å². The van der Waals surface area contributed by atoms with Crippen molar-refractivity contribution in [2.45, 2.75) is 51.5 Å². The Kier molecular flexibility index (Phi) is 7.28. The molecule has 1 rings (SSSR count). The number of hydrogen-bond donors (Lipinski definition) is 2.